The molecule has 0 spiro atoms. The third kappa shape index (κ3) is 2.77. The molecule has 1 atom stereocenters. The third-order valence-corrected chi connectivity index (χ3v) is 4.00. The summed E-state index contributed by atoms with van der Waals surface area (Å²) in [6.07, 6.45) is 1.48. The number of rotatable bonds is 3. The molecule has 0 saturated carbocycles. The first-order valence-corrected chi connectivity index (χ1v) is 7.33. The van der Waals surface area contributed by atoms with Crippen molar-refractivity contribution in [2.75, 3.05) is 20.2 Å². The average molecular weight is 315 g/mol. The monoisotopic (exact) mass is 315 g/mol. The average Bonchev–Trinajstić information content (AvgIpc) is 3.00. The minimum absolute atomic E-state index is 0.156. The zero-order valence-electron chi connectivity index (χ0n) is 12.7. The Morgan fingerprint density at radius 3 is 2.91 bits per heavy atom. The highest BCUT2D eigenvalue weighted by atomic mass is 16.5. The normalized spacial score (nSPS) is 17.9. The predicted octanol–water partition coefficient (Wildman–Crippen LogP) is 0.672. The lowest BCUT2D eigenvalue weighted by atomic mass is 10.1. The lowest BCUT2D eigenvalue weighted by molar-refractivity contribution is -0.145. The number of carbonyl (C=O) groups is 3. The van der Waals surface area contributed by atoms with Crippen LogP contribution in [0.5, 0.6) is 0 Å². The SMILES string of the molecule is COC(=O)C[C@H]1C(=O)NCCN1C(=O)c1c[nH]c2ccccc12. The van der Waals surface area contributed by atoms with E-state index >= 15 is 0 Å². The summed E-state index contributed by atoms with van der Waals surface area (Å²) in [5.41, 5.74) is 1.34. The molecule has 3 rings (SSSR count). The second-order valence-corrected chi connectivity index (χ2v) is 5.33. The van der Waals surface area contributed by atoms with Gasteiger partial charge in [0.2, 0.25) is 5.91 Å². The Hall–Kier alpha value is -2.83. The van der Waals surface area contributed by atoms with Crippen LogP contribution in [0.2, 0.25) is 0 Å². The number of fused-ring (bicyclic) bond motifs is 1. The van der Waals surface area contributed by atoms with Crippen LogP contribution in [-0.2, 0) is 14.3 Å². The highest BCUT2D eigenvalue weighted by molar-refractivity contribution is 6.08. The fourth-order valence-electron chi connectivity index (χ4n) is 2.81. The van der Waals surface area contributed by atoms with Crippen LogP contribution in [0.15, 0.2) is 30.5 Å². The minimum atomic E-state index is -0.850. The number of nitrogens with one attached hydrogen (secondary N) is 2. The van der Waals surface area contributed by atoms with Gasteiger partial charge in [-0.3, -0.25) is 14.4 Å². The number of benzene rings is 1. The molecule has 7 nitrogen and oxygen atoms in total. The second kappa shape index (κ2) is 6.12. The smallest absolute Gasteiger partial charge is 0.308 e. The van der Waals surface area contributed by atoms with Crippen LogP contribution in [0.4, 0.5) is 0 Å². The van der Waals surface area contributed by atoms with Gasteiger partial charge in [0.1, 0.15) is 6.04 Å². The molecule has 0 radical (unpaired) electrons. The van der Waals surface area contributed by atoms with E-state index in [9.17, 15) is 14.4 Å². The maximum atomic E-state index is 12.9. The largest absolute Gasteiger partial charge is 0.469 e. The quantitative estimate of drug-likeness (QED) is 0.815. The molecular weight excluding hydrogens is 298 g/mol. The van der Waals surface area contributed by atoms with Crippen molar-refractivity contribution in [3.8, 4) is 0 Å². The first kappa shape index (κ1) is 15.1. The number of carbonyl (C=O) groups excluding carboxylic acids is 3. The van der Waals surface area contributed by atoms with Gasteiger partial charge in [-0.25, -0.2) is 0 Å². The number of aromatic amines is 1. The molecule has 1 aromatic carbocycles. The second-order valence-electron chi connectivity index (χ2n) is 5.33. The van der Waals surface area contributed by atoms with E-state index in [0.717, 1.165) is 10.9 Å². The minimum Gasteiger partial charge on any atom is -0.469 e. The molecule has 2 N–H and O–H groups in total. The molecule has 1 saturated heterocycles. The molecule has 1 aromatic heterocycles. The van der Waals surface area contributed by atoms with Gasteiger partial charge in [-0.1, -0.05) is 18.2 Å². The van der Waals surface area contributed by atoms with Gasteiger partial charge in [-0.05, 0) is 6.07 Å². The lowest BCUT2D eigenvalue weighted by Gasteiger charge is -2.34. The number of amides is 2. The Balaban J connectivity index is 1.92. The van der Waals surface area contributed by atoms with Gasteiger partial charge >= 0.3 is 5.97 Å². The van der Waals surface area contributed by atoms with Gasteiger partial charge in [0, 0.05) is 30.2 Å². The highest BCUT2D eigenvalue weighted by Crippen LogP contribution is 2.22. The first-order chi connectivity index (χ1) is 11.1. The summed E-state index contributed by atoms with van der Waals surface area (Å²) in [5, 5.41) is 3.47. The number of hydrogen-bond donors (Lipinski definition) is 2. The van der Waals surface area contributed by atoms with Crippen LogP contribution in [0.1, 0.15) is 16.8 Å². The standard InChI is InChI=1S/C16H17N3O4/c1-23-14(20)8-13-15(21)17-6-7-19(13)16(22)11-9-18-12-5-3-2-4-10(11)12/h2-5,9,13,18H,6-8H2,1H3,(H,17,21)/t13-/m0/s1. The molecule has 120 valence electrons. The zero-order valence-corrected chi connectivity index (χ0v) is 12.7. The van der Waals surface area contributed by atoms with Gasteiger partial charge in [-0.2, -0.15) is 0 Å². The molecule has 2 aromatic rings. The van der Waals surface area contributed by atoms with Crippen molar-refractivity contribution < 1.29 is 19.1 Å². The molecule has 0 unspecified atom stereocenters. The summed E-state index contributed by atoms with van der Waals surface area (Å²) in [6.45, 7) is 0.719. The van der Waals surface area contributed by atoms with E-state index in [2.05, 4.69) is 15.0 Å². The lowest BCUT2D eigenvalue weighted by Crippen LogP contribution is -2.57. The van der Waals surface area contributed by atoms with Gasteiger partial charge in [0.25, 0.3) is 5.91 Å². The van der Waals surface area contributed by atoms with Crippen LogP contribution in [0, 0.1) is 0 Å². The van der Waals surface area contributed by atoms with Crippen LogP contribution < -0.4 is 5.32 Å². The molecule has 2 heterocycles. The van der Waals surface area contributed by atoms with E-state index in [4.69, 9.17) is 0 Å². The number of methoxy groups -OCH3 is 1. The number of nitrogens with zero attached hydrogens (tertiary/aromatic N) is 1. The maximum Gasteiger partial charge on any atom is 0.308 e. The molecule has 1 fully saturated rings. The predicted molar refractivity (Wildman–Crippen MR) is 82.8 cm³/mol. The van der Waals surface area contributed by atoms with Crippen molar-refractivity contribution in [1.82, 2.24) is 15.2 Å². The Bertz CT molecular complexity index is 768. The van der Waals surface area contributed by atoms with E-state index in [0.29, 0.717) is 18.7 Å². The van der Waals surface area contributed by atoms with Crippen molar-refractivity contribution in [2.24, 2.45) is 0 Å². The van der Waals surface area contributed by atoms with Crippen molar-refractivity contribution in [1.29, 1.82) is 0 Å². The summed E-state index contributed by atoms with van der Waals surface area (Å²) < 4.78 is 4.63. The van der Waals surface area contributed by atoms with E-state index in [1.54, 1.807) is 6.20 Å². The molecular formula is C16H17N3O4. The van der Waals surface area contributed by atoms with E-state index in [-0.39, 0.29) is 18.2 Å². The number of aromatic nitrogens is 1. The fourth-order valence-corrected chi connectivity index (χ4v) is 2.81. The van der Waals surface area contributed by atoms with Gasteiger partial charge in [0.05, 0.1) is 19.1 Å². The first-order valence-electron chi connectivity index (χ1n) is 7.33. The summed E-state index contributed by atoms with van der Waals surface area (Å²) in [4.78, 5) is 41.0. The van der Waals surface area contributed by atoms with Crippen LogP contribution in [-0.4, -0.2) is 53.9 Å². The van der Waals surface area contributed by atoms with Crippen molar-refractivity contribution in [3.05, 3.63) is 36.0 Å². The number of para-hydroxylation sites is 1. The number of hydrogen-bond acceptors (Lipinski definition) is 4. The Morgan fingerprint density at radius 2 is 2.13 bits per heavy atom. The van der Waals surface area contributed by atoms with Gasteiger partial charge in [0.15, 0.2) is 0 Å². The Kier molecular flexibility index (Phi) is 4.01. The molecule has 7 heteroatoms. The Morgan fingerprint density at radius 1 is 1.35 bits per heavy atom. The number of piperazine rings is 1. The van der Waals surface area contributed by atoms with Crippen molar-refractivity contribution >= 4 is 28.7 Å². The fraction of sp³-hybridized carbons (Fsp3) is 0.312. The Labute approximate surface area is 132 Å². The van der Waals surface area contributed by atoms with E-state index in [1.807, 2.05) is 24.3 Å². The zero-order chi connectivity index (χ0) is 16.4. The van der Waals surface area contributed by atoms with Crippen LogP contribution in [0.25, 0.3) is 10.9 Å². The molecule has 1 aliphatic heterocycles. The van der Waals surface area contributed by atoms with Crippen molar-refractivity contribution in [2.45, 2.75) is 12.5 Å². The van der Waals surface area contributed by atoms with E-state index < -0.39 is 12.0 Å². The van der Waals surface area contributed by atoms with E-state index in [1.165, 1.54) is 12.0 Å². The topological polar surface area (TPSA) is 91.5 Å². The van der Waals surface area contributed by atoms with Crippen molar-refractivity contribution in [3.63, 3.8) is 0 Å². The maximum absolute atomic E-state index is 12.9. The molecule has 1 aliphatic rings. The molecule has 2 amide bonds. The summed E-state index contributed by atoms with van der Waals surface area (Å²) in [6, 6.07) is 6.60. The summed E-state index contributed by atoms with van der Waals surface area (Å²) in [5.74, 6) is -1.13. The molecule has 0 aliphatic carbocycles. The highest BCUT2D eigenvalue weighted by Gasteiger charge is 2.36. The number of esters is 1. The van der Waals surface area contributed by atoms with Crippen LogP contribution >= 0.6 is 0 Å². The molecule has 23 heavy (non-hydrogen) atoms. The number of ether oxygens (including phenoxy) is 1. The van der Waals surface area contributed by atoms with Gasteiger partial charge in [-0.15, -0.1) is 0 Å². The summed E-state index contributed by atoms with van der Waals surface area (Å²) >= 11 is 0. The van der Waals surface area contributed by atoms with Gasteiger partial charge < -0.3 is 19.9 Å². The number of H-pyrrole nitrogens is 1. The summed E-state index contributed by atoms with van der Waals surface area (Å²) in [7, 11) is 1.26. The third-order valence-electron chi connectivity index (χ3n) is 4.00. The van der Waals surface area contributed by atoms with Crippen LogP contribution in [0.3, 0.4) is 0 Å². The molecule has 0 bridgehead atoms.